The van der Waals surface area contributed by atoms with Gasteiger partial charge in [-0.25, -0.2) is 0 Å². The molecule has 2 N–H and O–H groups in total. The first kappa shape index (κ1) is 13.7. The van der Waals surface area contributed by atoms with Crippen LogP contribution < -0.4 is 5.73 Å². The molecule has 4 unspecified atom stereocenters. The highest BCUT2D eigenvalue weighted by Gasteiger charge is 2.34. The lowest BCUT2D eigenvalue weighted by molar-refractivity contribution is 0.149. The molecule has 3 heteroatoms. The maximum atomic E-state index is 6.62. The van der Waals surface area contributed by atoms with Crippen LogP contribution in [-0.4, -0.2) is 40.6 Å². The van der Waals surface area contributed by atoms with E-state index in [9.17, 15) is 0 Å². The summed E-state index contributed by atoms with van der Waals surface area (Å²) < 4.78 is 0. The lowest BCUT2D eigenvalue weighted by atomic mass is 9.76. The van der Waals surface area contributed by atoms with Crippen LogP contribution in [0.3, 0.4) is 0 Å². The maximum Gasteiger partial charge on any atom is 0.0285 e. The average molecular weight is 256 g/mol. The second-order valence-corrected chi connectivity index (χ2v) is 8.40. The molecule has 1 heterocycles. The Hall–Kier alpha value is 0.270. The molecule has 100 valence electrons. The monoisotopic (exact) mass is 256 g/mol. The Labute approximate surface area is 111 Å². The van der Waals surface area contributed by atoms with Crippen molar-refractivity contribution >= 4 is 11.8 Å². The van der Waals surface area contributed by atoms with Gasteiger partial charge < -0.3 is 5.73 Å². The molecule has 0 aromatic rings. The van der Waals surface area contributed by atoms with Crippen molar-refractivity contribution in [2.24, 2.45) is 11.7 Å². The Bertz CT molecular complexity index is 249. The van der Waals surface area contributed by atoms with Crippen LogP contribution in [0.1, 0.15) is 46.5 Å². The quantitative estimate of drug-likeness (QED) is 0.824. The fraction of sp³-hybridized carbons (Fsp3) is 1.00. The Morgan fingerprint density at radius 1 is 1.24 bits per heavy atom. The lowest BCUT2D eigenvalue weighted by Crippen LogP contribution is -2.55. The van der Waals surface area contributed by atoms with Gasteiger partial charge >= 0.3 is 0 Å². The van der Waals surface area contributed by atoms with Crippen molar-refractivity contribution in [3.8, 4) is 0 Å². The highest BCUT2D eigenvalue weighted by molar-refractivity contribution is 8.00. The van der Waals surface area contributed by atoms with Crippen LogP contribution in [0.15, 0.2) is 0 Å². The van der Waals surface area contributed by atoms with Crippen LogP contribution >= 0.6 is 11.8 Å². The van der Waals surface area contributed by atoms with E-state index in [0.717, 1.165) is 23.0 Å². The maximum absolute atomic E-state index is 6.62. The summed E-state index contributed by atoms with van der Waals surface area (Å²) in [4.78, 5) is 2.61. The molecule has 0 radical (unpaired) electrons. The summed E-state index contributed by atoms with van der Waals surface area (Å²) in [7, 11) is 0. The molecule has 2 rings (SSSR count). The summed E-state index contributed by atoms with van der Waals surface area (Å²) in [5.74, 6) is 0.822. The van der Waals surface area contributed by atoms with Gasteiger partial charge in [0.2, 0.25) is 0 Å². The molecule has 0 spiro atoms. The normalized spacial score (nSPS) is 44.8. The molecule has 4 atom stereocenters. The van der Waals surface area contributed by atoms with E-state index in [1.807, 2.05) is 0 Å². The summed E-state index contributed by atoms with van der Waals surface area (Å²) in [6, 6.07) is 0. The molecule has 2 nitrogen and oxygen atoms in total. The van der Waals surface area contributed by atoms with Gasteiger partial charge in [0.15, 0.2) is 0 Å². The van der Waals surface area contributed by atoms with E-state index in [2.05, 4.69) is 37.4 Å². The van der Waals surface area contributed by atoms with E-state index in [0.29, 0.717) is 0 Å². The van der Waals surface area contributed by atoms with Gasteiger partial charge in [0.1, 0.15) is 0 Å². The molecule has 0 aromatic carbocycles. The second-order valence-electron chi connectivity index (χ2n) is 6.52. The molecule has 1 aliphatic heterocycles. The molecular weight excluding hydrogens is 228 g/mol. The predicted molar refractivity (Wildman–Crippen MR) is 77.5 cm³/mol. The molecule has 0 amide bonds. The second kappa shape index (κ2) is 5.50. The van der Waals surface area contributed by atoms with Crippen LogP contribution in [0.25, 0.3) is 0 Å². The standard InChI is InChI=1S/C14H28N2S/c1-11-5-4-6-14(15,7-11)10-16-8-12(2)17-13(3)9-16/h11-13H,4-10,15H2,1-3H3. The summed E-state index contributed by atoms with van der Waals surface area (Å²) in [6.45, 7) is 10.6. The average Bonchev–Trinajstić information content (AvgIpc) is 2.13. The molecule has 2 fully saturated rings. The minimum Gasteiger partial charge on any atom is -0.324 e. The SMILES string of the molecule is CC1CCCC(N)(CN2CC(C)SC(C)C2)C1. The molecule has 1 aliphatic carbocycles. The lowest BCUT2D eigenvalue weighted by Gasteiger charge is -2.43. The smallest absolute Gasteiger partial charge is 0.0285 e. The topological polar surface area (TPSA) is 29.3 Å². The van der Waals surface area contributed by atoms with Crippen LogP contribution in [0, 0.1) is 5.92 Å². The highest BCUT2D eigenvalue weighted by atomic mass is 32.2. The number of nitrogens with two attached hydrogens (primary N) is 1. The zero-order valence-corrected chi connectivity index (χ0v) is 12.4. The van der Waals surface area contributed by atoms with Crippen molar-refractivity contribution in [2.45, 2.75) is 62.5 Å². The first-order valence-electron chi connectivity index (χ1n) is 7.13. The number of rotatable bonds is 2. The van der Waals surface area contributed by atoms with E-state index in [-0.39, 0.29) is 5.54 Å². The molecule has 17 heavy (non-hydrogen) atoms. The van der Waals surface area contributed by atoms with Crippen LogP contribution in [0.5, 0.6) is 0 Å². The fourth-order valence-corrected chi connectivity index (χ4v) is 5.09. The third-order valence-corrected chi connectivity index (χ3v) is 5.39. The van der Waals surface area contributed by atoms with Crippen molar-refractivity contribution in [3.63, 3.8) is 0 Å². The minimum atomic E-state index is 0.0963. The number of hydrogen-bond acceptors (Lipinski definition) is 3. The van der Waals surface area contributed by atoms with E-state index < -0.39 is 0 Å². The Balaban J connectivity index is 1.90. The zero-order valence-electron chi connectivity index (χ0n) is 11.6. The van der Waals surface area contributed by atoms with Crippen LogP contribution in [0.2, 0.25) is 0 Å². The number of nitrogens with zero attached hydrogens (tertiary/aromatic N) is 1. The van der Waals surface area contributed by atoms with Gasteiger partial charge in [0, 0.05) is 35.7 Å². The Kier molecular flexibility index (Phi) is 4.43. The zero-order chi connectivity index (χ0) is 12.5. The van der Waals surface area contributed by atoms with Gasteiger partial charge in [-0.15, -0.1) is 0 Å². The third kappa shape index (κ3) is 3.87. The molecular formula is C14H28N2S. The summed E-state index contributed by atoms with van der Waals surface area (Å²) in [6.07, 6.45) is 5.15. The first-order chi connectivity index (χ1) is 7.97. The van der Waals surface area contributed by atoms with Gasteiger partial charge in [0.25, 0.3) is 0 Å². The molecule has 0 bridgehead atoms. The van der Waals surface area contributed by atoms with Gasteiger partial charge in [0.05, 0.1) is 0 Å². The van der Waals surface area contributed by atoms with Gasteiger partial charge in [-0.05, 0) is 18.8 Å². The number of hydrogen-bond donors (Lipinski definition) is 1. The van der Waals surface area contributed by atoms with Crippen molar-refractivity contribution in [2.75, 3.05) is 19.6 Å². The van der Waals surface area contributed by atoms with Crippen molar-refractivity contribution in [1.29, 1.82) is 0 Å². The first-order valence-corrected chi connectivity index (χ1v) is 8.08. The minimum absolute atomic E-state index is 0.0963. The molecule has 0 aromatic heterocycles. The van der Waals surface area contributed by atoms with Crippen LogP contribution in [0.4, 0.5) is 0 Å². The highest BCUT2D eigenvalue weighted by Crippen LogP contribution is 2.33. The Morgan fingerprint density at radius 2 is 1.88 bits per heavy atom. The summed E-state index contributed by atoms with van der Waals surface area (Å²) >= 11 is 2.12. The van der Waals surface area contributed by atoms with E-state index in [4.69, 9.17) is 5.73 Å². The van der Waals surface area contributed by atoms with Crippen molar-refractivity contribution in [1.82, 2.24) is 4.90 Å². The molecule has 2 aliphatic rings. The predicted octanol–water partition coefficient (Wildman–Crippen LogP) is 2.72. The summed E-state index contributed by atoms with van der Waals surface area (Å²) in [5, 5.41) is 1.53. The number of thioether (sulfide) groups is 1. The fourth-order valence-electron chi connectivity index (χ4n) is 3.70. The largest absolute Gasteiger partial charge is 0.324 e. The van der Waals surface area contributed by atoms with E-state index in [1.54, 1.807) is 0 Å². The van der Waals surface area contributed by atoms with Crippen LogP contribution in [-0.2, 0) is 0 Å². The van der Waals surface area contributed by atoms with Crippen molar-refractivity contribution in [3.05, 3.63) is 0 Å². The third-order valence-electron chi connectivity index (χ3n) is 4.16. The van der Waals surface area contributed by atoms with Crippen molar-refractivity contribution < 1.29 is 0 Å². The molecule has 1 saturated carbocycles. The van der Waals surface area contributed by atoms with Gasteiger partial charge in [-0.2, -0.15) is 11.8 Å². The molecule has 1 saturated heterocycles. The van der Waals surface area contributed by atoms with Gasteiger partial charge in [-0.3, -0.25) is 4.90 Å². The van der Waals surface area contributed by atoms with Gasteiger partial charge in [-0.1, -0.05) is 33.6 Å². The van der Waals surface area contributed by atoms with E-state index in [1.165, 1.54) is 38.8 Å². The van der Waals surface area contributed by atoms with E-state index >= 15 is 0 Å². The summed E-state index contributed by atoms with van der Waals surface area (Å²) in [5.41, 5.74) is 6.72. The Morgan fingerprint density at radius 3 is 2.47 bits per heavy atom.